The minimum absolute atomic E-state index is 0.00536. The lowest BCUT2D eigenvalue weighted by atomic mass is 9.86. The number of hydrogen-bond acceptors (Lipinski definition) is 5. The topological polar surface area (TPSA) is 60.2 Å². The molecule has 1 aromatic heterocycles. The summed E-state index contributed by atoms with van der Waals surface area (Å²) in [4.78, 5) is 21.0. The molecule has 2 aromatic rings. The van der Waals surface area contributed by atoms with Crippen LogP contribution in [0.3, 0.4) is 0 Å². The molecule has 1 amide bonds. The Morgan fingerprint density at radius 3 is 3.04 bits per heavy atom. The molecule has 2 aliphatic heterocycles. The van der Waals surface area contributed by atoms with Crippen molar-refractivity contribution in [1.29, 1.82) is 5.26 Å². The molecule has 2 fully saturated rings. The van der Waals surface area contributed by atoms with Crippen LogP contribution in [-0.2, 0) is 4.79 Å². The van der Waals surface area contributed by atoms with Gasteiger partial charge in [0, 0.05) is 48.7 Å². The number of carbonyl (C=O) groups excluding carboxylic acids is 1. The summed E-state index contributed by atoms with van der Waals surface area (Å²) in [5.74, 6) is 0.154. The smallest absolute Gasteiger partial charge is 0.227 e. The summed E-state index contributed by atoms with van der Waals surface area (Å²) in [6.07, 6.45) is 3.41. The van der Waals surface area contributed by atoms with Crippen molar-refractivity contribution >= 4 is 28.1 Å². The van der Waals surface area contributed by atoms with Crippen LogP contribution >= 0.6 is 11.3 Å². The zero-order chi connectivity index (χ0) is 15.9. The molecule has 23 heavy (non-hydrogen) atoms. The summed E-state index contributed by atoms with van der Waals surface area (Å²) in [5, 5.41) is 12.1. The number of thiazole rings is 1. The highest BCUT2D eigenvalue weighted by Gasteiger charge is 2.48. The van der Waals surface area contributed by atoms with E-state index < -0.39 is 0 Å². The van der Waals surface area contributed by atoms with Crippen molar-refractivity contribution in [3.8, 4) is 6.07 Å². The predicted octanol–water partition coefficient (Wildman–Crippen LogP) is 2.65. The van der Waals surface area contributed by atoms with Crippen LogP contribution in [0.4, 0.5) is 10.8 Å². The predicted molar refractivity (Wildman–Crippen MR) is 89.5 cm³/mol. The second-order valence-corrected chi connectivity index (χ2v) is 7.18. The van der Waals surface area contributed by atoms with Gasteiger partial charge in [0.2, 0.25) is 5.91 Å². The van der Waals surface area contributed by atoms with E-state index in [-0.39, 0.29) is 11.3 Å². The van der Waals surface area contributed by atoms with E-state index >= 15 is 0 Å². The highest BCUT2D eigenvalue weighted by atomic mass is 32.1. The zero-order valence-corrected chi connectivity index (χ0v) is 13.4. The Morgan fingerprint density at radius 2 is 2.26 bits per heavy atom. The second kappa shape index (κ2) is 5.36. The van der Waals surface area contributed by atoms with Crippen molar-refractivity contribution in [3.63, 3.8) is 0 Å². The minimum Gasteiger partial charge on any atom is -0.347 e. The van der Waals surface area contributed by atoms with Crippen LogP contribution in [0.25, 0.3) is 0 Å². The van der Waals surface area contributed by atoms with Crippen LogP contribution in [0.1, 0.15) is 18.4 Å². The van der Waals surface area contributed by atoms with Crippen LogP contribution in [0.2, 0.25) is 0 Å². The van der Waals surface area contributed by atoms with Gasteiger partial charge < -0.3 is 9.80 Å². The van der Waals surface area contributed by atoms with Crippen molar-refractivity contribution in [1.82, 2.24) is 4.98 Å². The van der Waals surface area contributed by atoms with Crippen LogP contribution < -0.4 is 9.80 Å². The van der Waals surface area contributed by atoms with Crippen molar-refractivity contribution < 1.29 is 4.79 Å². The average Bonchev–Trinajstić information content (AvgIpc) is 3.28. The van der Waals surface area contributed by atoms with E-state index in [2.05, 4.69) is 16.0 Å². The molecule has 0 aliphatic carbocycles. The molecular formula is C17H16N4OS. The molecule has 4 rings (SSSR count). The van der Waals surface area contributed by atoms with Gasteiger partial charge in [-0.15, -0.1) is 11.3 Å². The summed E-state index contributed by atoms with van der Waals surface area (Å²) in [6.45, 7) is 2.55. The number of anilines is 2. The summed E-state index contributed by atoms with van der Waals surface area (Å²) in [7, 11) is 0. The van der Waals surface area contributed by atoms with Gasteiger partial charge in [0.25, 0.3) is 0 Å². The Balaban J connectivity index is 1.56. The monoisotopic (exact) mass is 324 g/mol. The number of amides is 1. The summed E-state index contributed by atoms with van der Waals surface area (Å²) in [5.41, 5.74) is 1.43. The van der Waals surface area contributed by atoms with Gasteiger partial charge in [-0.1, -0.05) is 6.07 Å². The van der Waals surface area contributed by atoms with Gasteiger partial charge in [-0.25, -0.2) is 4.98 Å². The lowest BCUT2D eigenvalue weighted by Crippen LogP contribution is -2.31. The van der Waals surface area contributed by atoms with E-state index in [1.165, 1.54) is 0 Å². The zero-order valence-electron chi connectivity index (χ0n) is 12.6. The summed E-state index contributed by atoms with van der Waals surface area (Å²) >= 11 is 1.65. The fraction of sp³-hybridized carbons (Fsp3) is 0.353. The highest BCUT2D eigenvalue weighted by Crippen LogP contribution is 2.43. The lowest BCUT2D eigenvalue weighted by Gasteiger charge is -2.24. The Bertz CT molecular complexity index is 782. The number of aromatic nitrogens is 1. The van der Waals surface area contributed by atoms with Crippen LogP contribution in [-0.4, -0.2) is 30.5 Å². The van der Waals surface area contributed by atoms with E-state index in [0.717, 1.165) is 36.9 Å². The van der Waals surface area contributed by atoms with E-state index in [1.807, 2.05) is 28.6 Å². The Morgan fingerprint density at radius 1 is 1.35 bits per heavy atom. The molecular weight excluding hydrogens is 308 g/mol. The lowest BCUT2D eigenvalue weighted by molar-refractivity contribution is -0.117. The molecule has 0 N–H and O–H groups in total. The Kier molecular flexibility index (Phi) is 3.31. The van der Waals surface area contributed by atoms with Gasteiger partial charge in [0.15, 0.2) is 5.13 Å². The van der Waals surface area contributed by atoms with Gasteiger partial charge in [-0.05, 0) is 24.6 Å². The average molecular weight is 324 g/mol. The maximum atomic E-state index is 12.5. The second-order valence-electron chi connectivity index (χ2n) is 6.31. The largest absolute Gasteiger partial charge is 0.347 e. The van der Waals surface area contributed by atoms with Gasteiger partial charge in [-0.2, -0.15) is 5.26 Å². The van der Waals surface area contributed by atoms with E-state index in [4.69, 9.17) is 5.26 Å². The number of rotatable bonds is 2. The number of nitrogens with zero attached hydrogens (tertiary/aromatic N) is 4. The normalized spacial score (nSPS) is 23.7. The standard InChI is InChI=1S/C17H16N4OS/c18-10-13-2-1-3-14(8-13)21-12-17(9-15(21)22)4-6-20(11-17)16-19-5-7-23-16/h1-3,5,7-8H,4,6,9,11-12H2/t17-/m0/s1. The van der Waals surface area contributed by atoms with Crippen LogP contribution in [0, 0.1) is 16.7 Å². The van der Waals surface area contributed by atoms with Crippen molar-refractivity contribution in [2.45, 2.75) is 12.8 Å². The van der Waals surface area contributed by atoms with E-state index in [9.17, 15) is 4.79 Å². The maximum absolute atomic E-state index is 12.5. The molecule has 6 heteroatoms. The minimum atomic E-state index is 0.00536. The van der Waals surface area contributed by atoms with Crippen molar-refractivity contribution in [3.05, 3.63) is 41.4 Å². The highest BCUT2D eigenvalue weighted by molar-refractivity contribution is 7.13. The first kappa shape index (κ1) is 14.2. The van der Waals surface area contributed by atoms with Crippen molar-refractivity contribution in [2.75, 3.05) is 29.4 Å². The number of carbonyl (C=O) groups is 1. The number of hydrogen-bond donors (Lipinski definition) is 0. The molecule has 5 nitrogen and oxygen atoms in total. The summed E-state index contributed by atoms with van der Waals surface area (Å²) in [6, 6.07) is 9.44. The fourth-order valence-electron chi connectivity index (χ4n) is 3.62. The van der Waals surface area contributed by atoms with Crippen molar-refractivity contribution in [2.24, 2.45) is 5.41 Å². The van der Waals surface area contributed by atoms with E-state index in [0.29, 0.717) is 12.0 Å². The molecule has 0 radical (unpaired) electrons. The Hall–Kier alpha value is -2.39. The molecule has 0 unspecified atom stereocenters. The first-order valence-electron chi connectivity index (χ1n) is 7.64. The number of nitriles is 1. The molecule has 1 spiro atoms. The van der Waals surface area contributed by atoms with Gasteiger partial charge in [0.05, 0.1) is 11.6 Å². The third-order valence-corrected chi connectivity index (χ3v) is 5.57. The molecule has 0 saturated carbocycles. The van der Waals surface area contributed by atoms with Gasteiger partial charge in [-0.3, -0.25) is 4.79 Å². The maximum Gasteiger partial charge on any atom is 0.227 e. The van der Waals surface area contributed by atoms with Crippen LogP contribution in [0.15, 0.2) is 35.8 Å². The van der Waals surface area contributed by atoms with Gasteiger partial charge in [0.1, 0.15) is 0 Å². The molecule has 0 bridgehead atoms. The molecule has 2 saturated heterocycles. The third-order valence-electron chi connectivity index (χ3n) is 4.74. The van der Waals surface area contributed by atoms with Crippen LogP contribution in [0.5, 0.6) is 0 Å². The molecule has 1 aromatic carbocycles. The third kappa shape index (κ3) is 2.47. The quantitative estimate of drug-likeness (QED) is 0.852. The first-order valence-corrected chi connectivity index (χ1v) is 8.52. The number of benzene rings is 1. The van der Waals surface area contributed by atoms with E-state index in [1.54, 1.807) is 23.5 Å². The Labute approximate surface area is 138 Å². The fourth-order valence-corrected chi connectivity index (χ4v) is 4.29. The molecule has 3 heterocycles. The SMILES string of the molecule is N#Cc1cccc(N2C[C@@]3(CCN(c4nccs4)C3)CC2=O)c1. The summed E-state index contributed by atoms with van der Waals surface area (Å²) < 4.78 is 0. The van der Waals surface area contributed by atoms with Gasteiger partial charge >= 0.3 is 0 Å². The molecule has 2 aliphatic rings. The first-order chi connectivity index (χ1) is 11.2. The molecule has 116 valence electrons. The molecule has 1 atom stereocenters.